The fraction of sp³-hybridized carbons (Fsp3) is 0.261. The van der Waals surface area contributed by atoms with E-state index in [4.69, 9.17) is 0 Å². The number of thiophene rings is 1. The fourth-order valence-corrected chi connectivity index (χ4v) is 5.35. The third-order valence-electron chi connectivity index (χ3n) is 5.66. The predicted octanol–water partition coefficient (Wildman–Crippen LogP) is 6.21. The minimum Gasteiger partial charge on any atom is -0.354 e. The van der Waals surface area contributed by atoms with Gasteiger partial charge in [0.25, 0.3) is 0 Å². The molecular formula is C23H21NOS. The molecule has 0 saturated heterocycles. The Bertz CT molecular complexity index is 1060. The van der Waals surface area contributed by atoms with E-state index in [1.54, 1.807) is 11.3 Å². The number of anilines is 1. The maximum atomic E-state index is 13.2. The van der Waals surface area contributed by atoms with Gasteiger partial charge in [0.15, 0.2) is 5.78 Å². The van der Waals surface area contributed by atoms with Crippen LogP contribution in [0.5, 0.6) is 0 Å². The van der Waals surface area contributed by atoms with Gasteiger partial charge < -0.3 is 5.32 Å². The molecule has 1 aliphatic heterocycles. The minimum atomic E-state index is 0.0252. The molecule has 1 saturated carbocycles. The number of carbonyl (C=O) groups is 1. The number of carbonyl (C=O) groups excluding carboxylic acids is 1. The lowest BCUT2D eigenvalue weighted by atomic mass is 9.65. The predicted molar refractivity (Wildman–Crippen MR) is 110 cm³/mol. The van der Waals surface area contributed by atoms with Crippen LogP contribution in [0.3, 0.4) is 0 Å². The van der Waals surface area contributed by atoms with Crippen LogP contribution >= 0.6 is 11.3 Å². The van der Waals surface area contributed by atoms with Gasteiger partial charge in [0.2, 0.25) is 0 Å². The number of allylic oxidation sites excluding steroid dienone is 1. The Hall–Kier alpha value is -2.39. The molecule has 1 aliphatic carbocycles. The summed E-state index contributed by atoms with van der Waals surface area (Å²) >= 11 is 1.69. The molecule has 1 N–H and O–H groups in total. The standard InChI is InChI=1S/C23H21NOS/c1-23(2)12-16-20-15-7-4-3-6-14(15)9-10-17(20)24-22(19-8-5-11-26-19)21(16)18(25)13-23/h3-11,16,24H,12-13H2,1-2H3. The highest BCUT2D eigenvalue weighted by molar-refractivity contribution is 7.11. The van der Waals surface area contributed by atoms with Crippen LogP contribution in [0.1, 0.15) is 43.0 Å². The zero-order valence-electron chi connectivity index (χ0n) is 15.0. The van der Waals surface area contributed by atoms with E-state index in [0.717, 1.165) is 28.3 Å². The largest absolute Gasteiger partial charge is 0.354 e. The van der Waals surface area contributed by atoms with Crippen molar-refractivity contribution in [3.8, 4) is 0 Å². The Morgan fingerprint density at radius 1 is 1.08 bits per heavy atom. The summed E-state index contributed by atoms with van der Waals surface area (Å²) in [6.07, 6.45) is 1.63. The smallest absolute Gasteiger partial charge is 0.162 e. The summed E-state index contributed by atoms with van der Waals surface area (Å²) in [5.41, 5.74) is 4.46. The molecule has 0 spiro atoms. The number of hydrogen-bond acceptors (Lipinski definition) is 3. The Labute approximate surface area is 157 Å². The molecule has 2 aromatic carbocycles. The van der Waals surface area contributed by atoms with Crippen LogP contribution in [-0.4, -0.2) is 5.78 Å². The first-order chi connectivity index (χ1) is 12.5. The summed E-state index contributed by atoms with van der Waals surface area (Å²) in [4.78, 5) is 14.4. The van der Waals surface area contributed by atoms with Crippen molar-refractivity contribution in [2.24, 2.45) is 5.41 Å². The summed E-state index contributed by atoms with van der Waals surface area (Å²) in [6.45, 7) is 4.44. The number of ketones is 1. The third kappa shape index (κ3) is 2.34. The molecule has 3 aromatic rings. The second-order valence-electron chi connectivity index (χ2n) is 8.16. The minimum absolute atomic E-state index is 0.0252. The zero-order valence-corrected chi connectivity index (χ0v) is 15.8. The van der Waals surface area contributed by atoms with Crippen molar-refractivity contribution in [3.05, 3.63) is 69.9 Å². The number of rotatable bonds is 1. The molecule has 2 aliphatic rings. The number of fused-ring (bicyclic) bond motifs is 5. The maximum absolute atomic E-state index is 13.2. The molecule has 1 unspecified atom stereocenters. The lowest BCUT2D eigenvalue weighted by Gasteiger charge is -2.41. The van der Waals surface area contributed by atoms with Crippen molar-refractivity contribution < 1.29 is 4.79 Å². The van der Waals surface area contributed by atoms with E-state index in [1.807, 2.05) is 0 Å². The van der Waals surface area contributed by atoms with E-state index < -0.39 is 0 Å². The van der Waals surface area contributed by atoms with Crippen molar-refractivity contribution in [3.63, 3.8) is 0 Å². The Morgan fingerprint density at radius 3 is 2.73 bits per heavy atom. The van der Waals surface area contributed by atoms with Crippen molar-refractivity contribution in [1.29, 1.82) is 0 Å². The van der Waals surface area contributed by atoms with Gasteiger partial charge in [0.05, 0.1) is 10.6 Å². The molecule has 1 atom stereocenters. The van der Waals surface area contributed by atoms with E-state index in [-0.39, 0.29) is 11.3 Å². The Morgan fingerprint density at radius 2 is 1.92 bits per heavy atom. The molecule has 1 aromatic heterocycles. The molecule has 5 rings (SSSR count). The number of nitrogens with one attached hydrogen (secondary N) is 1. The van der Waals surface area contributed by atoms with Crippen LogP contribution in [0.15, 0.2) is 59.5 Å². The molecule has 0 amide bonds. The van der Waals surface area contributed by atoms with Gasteiger partial charge in [-0.25, -0.2) is 0 Å². The van der Waals surface area contributed by atoms with Crippen molar-refractivity contribution in [2.45, 2.75) is 32.6 Å². The van der Waals surface area contributed by atoms with Crippen molar-refractivity contribution in [1.82, 2.24) is 0 Å². The van der Waals surface area contributed by atoms with Gasteiger partial charge in [0.1, 0.15) is 0 Å². The number of benzene rings is 2. The summed E-state index contributed by atoms with van der Waals surface area (Å²) in [5.74, 6) is 0.450. The van der Waals surface area contributed by atoms with Crippen LogP contribution in [-0.2, 0) is 4.79 Å². The van der Waals surface area contributed by atoms with Gasteiger partial charge in [-0.05, 0) is 45.7 Å². The van der Waals surface area contributed by atoms with E-state index in [1.165, 1.54) is 16.3 Å². The van der Waals surface area contributed by atoms with Crippen molar-refractivity contribution in [2.75, 3.05) is 5.32 Å². The quantitative estimate of drug-likeness (QED) is 0.559. The average Bonchev–Trinajstić information content (AvgIpc) is 3.14. The molecule has 0 bridgehead atoms. The third-order valence-corrected chi connectivity index (χ3v) is 6.55. The first kappa shape index (κ1) is 15.8. The molecule has 130 valence electrons. The molecule has 26 heavy (non-hydrogen) atoms. The van der Waals surface area contributed by atoms with E-state index >= 15 is 0 Å². The summed E-state index contributed by atoms with van der Waals surface area (Å²) < 4.78 is 0. The summed E-state index contributed by atoms with van der Waals surface area (Å²) in [5, 5.41) is 8.19. The zero-order chi connectivity index (χ0) is 17.9. The lowest BCUT2D eigenvalue weighted by Crippen LogP contribution is -2.34. The molecule has 3 heteroatoms. The normalized spacial score (nSPS) is 21.3. The van der Waals surface area contributed by atoms with Crippen LogP contribution < -0.4 is 5.32 Å². The van der Waals surface area contributed by atoms with E-state index in [2.05, 4.69) is 73.1 Å². The Kier molecular flexibility index (Phi) is 3.38. The molecule has 0 radical (unpaired) electrons. The first-order valence-electron chi connectivity index (χ1n) is 9.13. The number of Topliss-reactive ketones (excluding diaryl/α,β-unsaturated/α-hetero) is 1. The first-order valence-corrected chi connectivity index (χ1v) is 10.0. The van der Waals surface area contributed by atoms with Crippen LogP contribution in [0.25, 0.3) is 16.5 Å². The molecular weight excluding hydrogens is 338 g/mol. The molecule has 1 fully saturated rings. The second kappa shape index (κ2) is 5.55. The van der Waals surface area contributed by atoms with Gasteiger partial charge in [0, 0.05) is 23.6 Å². The van der Waals surface area contributed by atoms with Gasteiger partial charge in [-0.1, -0.05) is 50.2 Å². The van der Waals surface area contributed by atoms with Crippen LogP contribution in [0, 0.1) is 5.41 Å². The summed E-state index contributed by atoms with van der Waals surface area (Å²) in [7, 11) is 0. The number of hydrogen-bond donors (Lipinski definition) is 1. The highest BCUT2D eigenvalue weighted by Gasteiger charge is 2.42. The lowest BCUT2D eigenvalue weighted by molar-refractivity contribution is -0.119. The average molecular weight is 359 g/mol. The fourth-order valence-electron chi connectivity index (χ4n) is 4.61. The van der Waals surface area contributed by atoms with Gasteiger partial charge in [-0.15, -0.1) is 11.3 Å². The Balaban J connectivity index is 1.81. The highest BCUT2D eigenvalue weighted by Crippen LogP contribution is 2.53. The molecule has 2 heterocycles. The highest BCUT2D eigenvalue weighted by atomic mass is 32.1. The monoisotopic (exact) mass is 359 g/mol. The van der Waals surface area contributed by atoms with E-state index in [9.17, 15) is 4.79 Å². The van der Waals surface area contributed by atoms with E-state index in [0.29, 0.717) is 12.2 Å². The SMILES string of the molecule is CC1(C)CC(=O)C2=C(c3cccs3)Nc3ccc4ccccc4c3C2C1. The van der Waals surface area contributed by atoms with Crippen LogP contribution in [0.4, 0.5) is 5.69 Å². The van der Waals surface area contributed by atoms with Gasteiger partial charge in [-0.3, -0.25) is 4.79 Å². The van der Waals surface area contributed by atoms with Crippen LogP contribution in [0.2, 0.25) is 0 Å². The van der Waals surface area contributed by atoms with Gasteiger partial charge in [-0.2, -0.15) is 0 Å². The van der Waals surface area contributed by atoms with Gasteiger partial charge >= 0.3 is 0 Å². The topological polar surface area (TPSA) is 29.1 Å². The maximum Gasteiger partial charge on any atom is 0.162 e. The molecule has 2 nitrogen and oxygen atoms in total. The summed E-state index contributed by atoms with van der Waals surface area (Å²) in [6, 6.07) is 17.0. The second-order valence-corrected chi connectivity index (χ2v) is 9.11. The van der Waals surface area contributed by atoms with Crippen molar-refractivity contribution >= 4 is 39.3 Å².